The van der Waals surface area contributed by atoms with Crippen LogP contribution >= 0.6 is 0 Å². The maximum atomic E-state index is 2.17. The molecule has 0 spiro atoms. The minimum Gasteiger partial charge on any atom is -0.0630 e. The molecule has 0 rings (SSSR count). The van der Waals surface area contributed by atoms with Crippen LogP contribution in [-0.2, 0) is 0 Å². The summed E-state index contributed by atoms with van der Waals surface area (Å²) in [5.41, 5.74) is 0. The molecule has 0 atom stereocenters. The van der Waals surface area contributed by atoms with Crippen molar-refractivity contribution in [1.29, 1.82) is 0 Å². The molecule has 0 aromatic heterocycles. The van der Waals surface area contributed by atoms with Crippen molar-refractivity contribution >= 4 is 0 Å². The zero-order valence-corrected chi connectivity index (χ0v) is 64.4. The van der Waals surface area contributed by atoms with Crippen molar-refractivity contribution in [2.45, 2.75) is 374 Å². The molecule has 0 heteroatoms. The molecule has 72 heavy (non-hydrogen) atoms. The first-order valence-electron chi connectivity index (χ1n) is 31.2. The molecule has 468 valence electrons. The number of rotatable bonds is 0. The van der Waals surface area contributed by atoms with Gasteiger partial charge in [0.15, 0.2) is 0 Å². The topological polar surface area (TPSA) is 0 Å². The van der Waals surface area contributed by atoms with E-state index in [1.165, 1.54) is 0 Å². The highest BCUT2D eigenvalue weighted by atomic mass is 13.8. The largest absolute Gasteiger partial charge is 0.0630 e. The first-order valence-corrected chi connectivity index (χ1v) is 31.2. The molecule has 0 unspecified atom stereocenters. The second-order valence-corrected chi connectivity index (χ2v) is 31.2. The fourth-order valence-electron chi connectivity index (χ4n) is 0. The van der Waals surface area contributed by atoms with E-state index in [-0.39, 0.29) is 0 Å². The highest BCUT2D eigenvalue weighted by molar-refractivity contribution is 4.27. The molecule has 0 saturated carbocycles. The smallest absolute Gasteiger partial charge is 0.0500 e. The second kappa shape index (κ2) is 119. The van der Waals surface area contributed by atoms with Crippen molar-refractivity contribution in [3.8, 4) is 0 Å². The Kier molecular flexibility index (Phi) is 206. The molecule has 0 aliphatic heterocycles. The van der Waals surface area contributed by atoms with Gasteiger partial charge in [-0.25, -0.2) is 0 Å². The van der Waals surface area contributed by atoms with Gasteiger partial charge in [0.1, 0.15) is 0 Å². The summed E-state index contributed by atoms with van der Waals surface area (Å²) in [5, 5.41) is 0. The van der Waals surface area contributed by atoms with Crippen molar-refractivity contribution in [3.63, 3.8) is 0 Å². The summed E-state index contributed by atoms with van der Waals surface area (Å²) in [6.07, 6.45) is 0. The monoisotopic (exact) mass is 1050 g/mol. The van der Waals surface area contributed by atoms with Crippen LogP contribution in [0.25, 0.3) is 0 Å². The summed E-state index contributed by atoms with van der Waals surface area (Å²) in [6.45, 7) is 117. The summed E-state index contributed by atoms with van der Waals surface area (Å²) in [6, 6.07) is 0. The standard InChI is InChI=1S/18C4H10/c18*1-4(2)3/h18*4H,1-3H3. The molecule has 0 bridgehead atoms. The Bertz CT molecular complexity index is 311. The third-order valence-corrected chi connectivity index (χ3v) is 0. The van der Waals surface area contributed by atoms with E-state index in [0.29, 0.717) is 0 Å². The molecule has 0 saturated heterocycles. The van der Waals surface area contributed by atoms with Crippen molar-refractivity contribution in [1.82, 2.24) is 0 Å². The highest BCUT2D eigenvalue weighted by Gasteiger charge is 1.74. The molecule has 0 aromatic carbocycles. The van der Waals surface area contributed by atoms with E-state index in [0.717, 1.165) is 107 Å². The SMILES string of the molecule is CC(C)C.CC(C)C.CC(C)C.CC(C)C.CC(C)C.CC(C)C.CC(C)C.CC(C)C.CC(C)C.CC(C)C.CC(C)C.CC(C)C.CC(C)C.CC(C)C.CC(C)C.CC(C)C.CC(C)C.CC(C)C. The van der Waals surface area contributed by atoms with Gasteiger partial charge in [0.25, 0.3) is 0 Å². The van der Waals surface area contributed by atoms with Crippen LogP contribution in [0.15, 0.2) is 0 Å². The molecule has 0 fully saturated rings. The van der Waals surface area contributed by atoms with Gasteiger partial charge in [-0.3, -0.25) is 0 Å². The third-order valence-electron chi connectivity index (χ3n) is 0. The minimum atomic E-state index is 0.833. The van der Waals surface area contributed by atoms with Crippen LogP contribution in [0.2, 0.25) is 0 Å². The van der Waals surface area contributed by atoms with Gasteiger partial charge in [-0.15, -0.1) is 0 Å². The lowest BCUT2D eigenvalue weighted by Crippen LogP contribution is -1.66. The summed E-state index contributed by atoms with van der Waals surface area (Å²) in [4.78, 5) is 0. The van der Waals surface area contributed by atoms with Gasteiger partial charge in [-0.2, -0.15) is 0 Å². The number of hydrogen-bond donors (Lipinski definition) is 0. The average molecular weight is 1050 g/mol. The molecule has 0 aromatic rings. The lowest BCUT2D eigenvalue weighted by atomic mass is 10.3. The summed E-state index contributed by atoms with van der Waals surface area (Å²) in [7, 11) is 0. The Balaban J connectivity index is -0.0000000268. The van der Waals surface area contributed by atoms with Gasteiger partial charge < -0.3 is 0 Å². The van der Waals surface area contributed by atoms with Crippen molar-refractivity contribution < 1.29 is 0 Å². The minimum absolute atomic E-state index is 0.833. The highest BCUT2D eigenvalue weighted by Crippen LogP contribution is 1.87. The molecular formula is C72H180. The van der Waals surface area contributed by atoms with E-state index in [1.54, 1.807) is 0 Å². The van der Waals surface area contributed by atoms with Gasteiger partial charge in [0, 0.05) is 0 Å². The predicted molar refractivity (Wildman–Crippen MR) is 369 cm³/mol. The summed E-state index contributed by atoms with van der Waals surface area (Å²) >= 11 is 0. The van der Waals surface area contributed by atoms with E-state index in [1.807, 2.05) is 0 Å². The fourth-order valence-corrected chi connectivity index (χ4v) is 0. The van der Waals surface area contributed by atoms with E-state index < -0.39 is 0 Å². The molecule has 0 N–H and O–H groups in total. The Morgan fingerprint density at radius 1 is 0.0556 bits per heavy atom. The van der Waals surface area contributed by atoms with E-state index in [9.17, 15) is 0 Å². The maximum absolute atomic E-state index is 2.17. The Morgan fingerprint density at radius 2 is 0.0556 bits per heavy atom. The van der Waals surface area contributed by atoms with Crippen molar-refractivity contribution in [2.75, 3.05) is 0 Å². The third kappa shape index (κ3) is 0. The molecule has 0 nitrogen and oxygen atoms in total. The molecule has 0 radical (unpaired) electrons. The normalized spacial score (nSPS) is 9.00. The van der Waals surface area contributed by atoms with Crippen LogP contribution in [0.3, 0.4) is 0 Å². The second-order valence-electron chi connectivity index (χ2n) is 31.2. The maximum Gasteiger partial charge on any atom is -0.0500 e. The lowest BCUT2D eigenvalue weighted by Gasteiger charge is -1.79. The van der Waals surface area contributed by atoms with Gasteiger partial charge in [0.05, 0.1) is 0 Å². The van der Waals surface area contributed by atoms with Gasteiger partial charge >= 0.3 is 0 Å². The number of hydrogen-bond acceptors (Lipinski definition) is 0. The molecule has 0 aliphatic rings. The zero-order chi connectivity index (χ0) is 64.4. The molecular weight excluding hydrogens is 865 g/mol. The van der Waals surface area contributed by atoms with Crippen LogP contribution in [0, 0.1) is 107 Å². The van der Waals surface area contributed by atoms with Crippen LogP contribution in [0.4, 0.5) is 0 Å². The van der Waals surface area contributed by atoms with Gasteiger partial charge in [-0.05, 0) is 107 Å². The quantitative estimate of drug-likeness (QED) is 0.227. The first-order chi connectivity index (χ1) is 31.2. The van der Waals surface area contributed by atoms with E-state index in [4.69, 9.17) is 0 Å². The molecule has 0 heterocycles. The molecule has 0 aliphatic carbocycles. The zero-order valence-electron chi connectivity index (χ0n) is 64.4. The Hall–Kier alpha value is 0. The lowest BCUT2D eigenvalue weighted by molar-refractivity contribution is 0.736. The van der Waals surface area contributed by atoms with Crippen LogP contribution in [0.1, 0.15) is 374 Å². The Morgan fingerprint density at radius 3 is 0.0556 bits per heavy atom. The Labute approximate surface area is 478 Å². The summed E-state index contributed by atoms with van der Waals surface area (Å²) in [5.74, 6) is 15.0. The first kappa shape index (κ1) is 124. The van der Waals surface area contributed by atoms with Crippen molar-refractivity contribution in [2.24, 2.45) is 107 Å². The summed E-state index contributed by atoms with van der Waals surface area (Å²) < 4.78 is 0. The van der Waals surface area contributed by atoms with Gasteiger partial charge in [0.2, 0.25) is 0 Å². The van der Waals surface area contributed by atoms with E-state index >= 15 is 0 Å². The van der Waals surface area contributed by atoms with Crippen LogP contribution < -0.4 is 0 Å². The van der Waals surface area contributed by atoms with Crippen LogP contribution in [0.5, 0.6) is 0 Å². The van der Waals surface area contributed by atoms with Crippen molar-refractivity contribution in [3.05, 3.63) is 0 Å². The average Bonchev–Trinajstić information content (AvgIpc) is 2.91. The van der Waals surface area contributed by atoms with Gasteiger partial charge in [-0.1, -0.05) is 374 Å². The van der Waals surface area contributed by atoms with E-state index in [2.05, 4.69) is 374 Å². The fraction of sp³-hybridized carbons (Fsp3) is 1.00. The predicted octanol–water partition coefficient (Wildman–Crippen LogP) is 29.9. The van der Waals surface area contributed by atoms with Crippen LogP contribution in [-0.4, -0.2) is 0 Å². The molecule has 0 amide bonds.